The Bertz CT molecular complexity index is 555. The van der Waals surface area contributed by atoms with E-state index in [1.807, 2.05) is 12.1 Å². The minimum absolute atomic E-state index is 0.126. The van der Waals surface area contributed by atoms with Crippen molar-refractivity contribution in [2.45, 2.75) is 18.8 Å². The maximum atomic E-state index is 13.8. The molecule has 0 atom stereocenters. The summed E-state index contributed by atoms with van der Waals surface area (Å²) < 4.78 is 13.8. The van der Waals surface area contributed by atoms with Crippen molar-refractivity contribution in [1.29, 1.82) is 0 Å². The lowest BCUT2D eigenvalue weighted by molar-refractivity contribution is 0.257. The van der Waals surface area contributed by atoms with E-state index in [1.54, 1.807) is 17.4 Å². The third-order valence-electron chi connectivity index (χ3n) is 3.89. The highest BCUT2D eigenvalue weighted by Crippen LogP contribution is 2.37. The minimum atomic E-state index is -0.126. The second kappa shape index (κ2) is 5.43. The van der Waals surface area contributed by atoms with Crippen molar-refractivity contribution in [3.8, 4) is 10.4 Å². The van der Waals surface area contributed by atoms with Crippen LogP contribution in [0.4, 0.5) is 4.39 Å². The summed E-state index contributed by atoms with van der Waals surface area (Å²) in [7, 11) is 2.18. The highest BCUT2D eigenvalue weighted by atomic mass is 32.1. The van der Waals surface area contributed by atoms with E-state index in [0.29, 0.717) is 5.92 Å². The molecule has 1 aliphatic heterocycles. The molecule has 3 rings (SSSR count). The lowest BCUT2D eigenvalue weighted by Crippen LogP contribution is -2.28. The van der Waals surface area contributed by atoms with Gasteiger partial charge in [0.25, 0.3) is 0 Å². The molecule has 0 saturated carbocycles. The van der Waals surface area contributed by atoms with Crippen LogP contribution in [0.3, 0.4) is 0 Å². The van der Waals surface area contributed by atoms with Crippen molar-refractivity contribution in [3.63, 3.8) is 0 Å². The topological polar surface area (TPSA) is 3.24 Å². The molecule has 1 fully saturated rings. The molecule has 100 valence electrons. The van der Waals surface area contributed by atoms with Crippen LogP contribution in [-0.4, -0.2) is 25.0 Å². The van der Waals surface area contributed by atoms with Gasteiger partial charge in [0.1, 0.15) is 5.82 Å². The monoisotopic (exact) mass is 275 g/mol. The molecule has 1 nitrogen and oxygen atoms in total. The lowest BCUT2D eigenvalue weighted by atomic mass is 9.96. The molecule has 2 aromatic rings. The van der Waals surface area contributed by atoms with Crippen LogP contribution in [-0.2, 0) is 0 Å². The molecule has 0 bridgehead atoms. The number of likely N-dealkylation sites (tertiary alicyclic amines) is 1. The molecule has 1 aromatic heterocycles. The fourth-order valence-corrected chi connectivity index (χ4v) is 3.88. The third-order valence-corrected chi connectivity index (χ3v) is 5.17. The van der Waals surface area contributed by atoms with E-state index < -0.39 is 0 Å². The largest absolute Gasteiger partial charge is 0.306 e. The van der Waals surface area contributed by atoms with Gasteiger partial charge in [-0.05, 0) is 57.1 Å². The van der Waals surface area contributed by atoms with Crippen molar-refractivity contribution in [2.75, 3.05) is 20.1 Å². The van der Waals surface area contributed by atoms with Crippen molar-refractivity contribution in [1.82, 2.24) is 4.90 Å². The van der Waals surface area contributed by atoms with Crippen LogP contribution >= 0.6 is 11.3 Å². The van der Waals surface area contributed by atoms with E-state index in [-0.39, 0.29) is 5.82 Å². The van der Waals surface area contributed by atoms with Gasteiger partial charge in [0.2, 0.25) is 0 Å². The lowest BCUT2D eigenvalue weighted by Gasteiger charge is -2.28. The van der Waals surface area contributed by atoms with Gasteiger partial charge in [-0.1, -0.05) is 18.2 Å². The predicted octanol–water partition coefficient (Wildman–Crippen LogP) is 4.36. The Morgan fingerprint density at radius 2 is 1.84 bits per heavy atom. The summed E-state index contributed by atoms with van der Waals surface area (Å²) in [5.41, 5.74) is 0.728. The van der Waals surface area contributed by atoms with Crippen LogP contribution in [0, 0.1) is 5.82 Å². The molecular weight excluding hydrogens is 257 g/mol. The molecule has 1 saturated heterocycles. The fraction of sp³-hybridized carbons (Fsp3) is 0.375. The van der Waals surface area contributed by atoms with Crippen molar-refractivity contribution in [2.24, 2.45) is 0 Å². The van der Waals surface area contributed by atoms with E-state index in [1.165, 1.54) is 23.8 Å². The van der Waals surface area contributed by atoms with Crippen molar-refractivity contribution < 1.29 is 4.39 Å². The average Bonchev–Trinajstić information content (AvgIpc) is 2.89. The van der Waals surface area contributed by atoms with Crippen molar-refractivity contribution in [3.05, 3.63) is 47.1 Å². The summed E-state index contributed by atoms with van der Waals surface area (Å²) in [4.78, 5) is 4.83. The molecule has 0 amide bonds. The van der Waals surface area contributed by atoms with Crippen LogP contribution in [0.15, 0.2) is 36.4 Å². The summed E-state index contributed by atoms with van der Waals surface area (Å²) in [6, 6.07) is 11.3. The zero-order valence-corrected chi connectivity index (χ0v) is 11.9. The first-order valence-electron chi connectivity index (χ1n) is 6.77. The van der Waals surface area contributed by atoms with E-state index >= 15 is 0 Å². The number of hydrogen-bond acceptors (Lipinski definition) is 2. The minimum Gasteiger partial charge on any atom is -0.306 e. The smallest absolute Gasteiger partial charge is 0.131 e. The zero-order valence-electron chi connectivity index (χ0n) is 11.1. The predicted molar refractivity (Wildman–Crippen MR) is 79.2 cm³/mol. The Kier molecular flexibility index (Phi) is 3.67. The van der Waals surface area contributed by atoms with Gasteiger partial charge < -0.3 is 4.90 Å². The van der Waals surface area contributed by atoms with Crippen LogP contribution in [0.25, 0.3) is 10.4 Å². The average molecular weight is 275 g/mol. The number of benzene rings is 1. The molecule has 2 heterocycles. The second-order valence-electron chi connectivity index (χ2n) is 5.26. The number of nitrogens with zero attached hydrogens (tertiary/aromatic N) is 1. The molecule has 0 radical (unpaired) electrons. The van der Waals surface area contributed by atoms with Gasteiger partial charge in [-0.15, -0.1) is 11.3 Å². The molecule has 0 aliphatic carbocycles. The summed E-state index contributed by atoms with van der Waals surface area (Å²) in [6.07, 6.45) is 2.43. The van der Waals surface area contributed by atoms with E-state index in [2.05, 4.69) is 24.1 Å². The van der Waals surface area contributed by atoms with Crippen LogP contribution in [0.2, 0.25) is 0 Å². The van der Waals surface area contributed by atoms with Gasteiger partial charge in [0.15, 0.2) is 0 Å². The molecule has 3 heteroatoms. The Balaban J connectivity index is 1.82. The second-order valence-corrected chi connectivity index (χ2v) is 6.37. The highest BCUT2D eigenvalue weighted by molar-refractivity contribution is 7.15. The summed E-state index contributed by atoms with van der Waals surface area (Å²) >= 11 is 1.75. The maximum absolute atomic E-state index is 13.8. The van der Waals surface area contributed by atoms with Gasteiger partial charge in [-0.25, -0.2) is 4.39 Å². The SMILES string of the molecule is CN1CCC(c2ccc(-c3ccccc3F)s2)CC1. The molecular formula is C16H18FNS. The van der Waals surface area contributed by atoms with Crippen LogP contribution < -0.4 is 0 Å². The van der Waals surface area contributed by atoms with Gasteiger partial charge in [0, 0.05) is 15.3 Å². The quantitative estimate of drug-likeness (QED) is 0.787. The molecule has 19 heavy (non-hydrogen) atoms. The molecule has 1 aromatic carbocycles. The number of thiophene rings is 1. The van der Waals surface area contributed by atoms with E-state index in [0.717, 1.165) is 23.5 Å². The molecule has 1 aliphatic rings. The number of hydrogen-bond donors (Lipinski definition) is 0. The highest BCUT2D eigenvalue weighted by Gasteiger charge is 2.20. The van der Waals surface area contributed by atoms with Crippen molar-refractivity contribution >= 4 is 11.3 Å². The van der Waals surface area contributed by atoms with Gasteiger partial charge >= 0.3 is 0 Å². The molecule has 0 spiro atoms. The first-order valence-corrected chi connectivity index (χ1v) is 7.59. The van der Waals surface area contributed by atoms with Gasteiger partial charge in [-0.3, -0.25) is 0 Å². The first kappa shape index (κ1) is 12.8. The number of rotatable bonds is 2. The summed E-state index contributed by atoms with van der Waals surface area (Å²) in [6.45, 7) is 2.33. The van der Waals surface area contributed by atoms with E-state index in [4.69, 9.17) is 0 Å². The normalized spacial score (nSPS) is 17.8. The Morgan fingerprint density at radius 3 is 2.58 bits per heavy atom. The first-order chi connectivity index (χ1) is 9.24. The Morgan fingerprint density at radius 1 is 1.11 bits per heavy atom. The van der Waals surface area contributed by atoms with Crippen LogP contribution in [0.1, 0.15) is 23.6 Å². The molecule has 0 unspecified atom stereocenters. The summed E-state index contributed by atoms with van der Waals surface area (Å²) in [5.74, 6) is 0.529. The van der Waals surface area contributed by atoms with Gasteiger partial charge in [-0.2, -0.15) is 0 Å². The Labute approximate surface area is 117 Å². The maximum Gasteiger partial charge on any atom is 0.131 e. The fourth-order valence-electron chi connectivity index (χ4n) is 2.67. The van der Waals surface area contributed by atoms with Crippen LogP contribution in [0.5, 0.6) is 0 Å². The standard InChI is InChI=1S/C16H18FNS/c1-18-10-8-12(9-11-18)15-6-7-16(19-15)13-4-2-3-5-14(13)17/h2-7,12H,8-11H2,1H3. The summed E-state index contributed by atoms with van der Waals surface area (Å²) in [5, 5.41) is 0. The Hall–Kier alpha value is -1.19. The van der Waals surface area contributed by atoms with E-state index in [9.17, 15) is 4.39 Å². The third kappa shape index (κ3) is 2.72. The number of halogens is 1. The zero-order chi connectivity index (χ0) is 13.2. The number of piperidine rings is 1. The van der Waals surface area contributed by atoms with Gasteiger partial charge in [0.05, 0.1) is 0 Å². The molecule has 0 N–H and O–H groups in total.